The van der Waals surface area contributed by atoms with E-state index in [4.69, 9.17) is 0 Å². The van der Waals surface area contributed by atoms with Crippen molar-refractivity contribution in [2.24, 2.45) is 76.9 Å². The minimum atomic E-state index is 0.676. The fourth-order valence-corrected chi connectivity index (χ4v) is 4.61. The van der Waals surface area contributed by atoms with Gasteiger partial charge in [-0.3, -0.25) is 0 Å². The largest absolute Gasteiger partial charge is 0.103 e. The lowest BCUT2D eigenvalue weighted by atomic mass is 9.79. The Labute approximate surface area is 314 Å². The Morgan fingerprint density at radius 1 is 0.449 bits per heavy atom. The SMILES string of the molecule is C/C=C\C(CC(C)C)C(C)C.C=C/C=C/C.C=CC(C(C)C)C(C)C(C)C.CC(C)C/C=C/C(C)C(C)C.CC(C)C/C=C\C(C)C(C)C. The molecule has 0 radical (unpaired) electrons. The second-order valence-corrected chi connectivity index (χ2v) is 17.3. The lowest BCUT2D eigenvalue weighted by Crippen LogP contribution is -2.19. The van der Waals surface area contributed by atoms with Gasteiger partial charge in [-0.1, -0.05) is 199 Å². The first-order valence-corrected chi connectivity index (χ1v) is 20.4. The smallest absolute Gasteiger partial charge is 0.0185 e. The summed E-state index contributed by atoms with van der Waals surface area (Å²) in [5.41, 5.74) is 0. The van der Waals surface area contributed by atoms with Gasteiger partial charge in [0.05, 0.1) is 0 Å². The van der Waals surface area contributed by atoms with Gasteiger partial charge in [-0.2, -0.15) is 0 Å². The van der Waals surface area contributed by atoms with Gasteiger partial charge in [0.25, 0.3) is 0 Å². The van der Waals surface area contributed by atoms with Gasteiger partial charge in [-0.05, 0) is 110 Å². The van der Waals surface area contributed by atoms with Crippen molar-refractivity contribution in [2.75, 3.05) is 0 Å². The number of rotatable bonds is 17. The molecule has 0 heteroatoms. The molecule has 0 nitrogen and oxygen atoms in total. The predicted octanol–water partition coefficient (Wildman–Crippen LogP) is 17.1. The third kappa shape index (κ3) is 44.4. The van der Waals surface area contributed by atoms with Crippen LogP contribution in [-0.2, 0) is 0 Å². The van der Waals surface area contributed by atoms with Crippen molar-refractivity contribution in [2.45, 2.75) is 165 Å². The average molecular weight is 685 g/mol. The molecule has 0 bridgehead atoms. The maximum absolute atomic E-state index is 3.89. The molecule has 0 fully saturated rings. The molecule has 0 heterocycles. The topological polar surface area (TPSA) is 0 Å². The fourth-order valence-electron chi connectivity index (χ4n) is 4.61. The maximum Gasteiger partial charge on any atom is -0.0185 e. The van der Waals surface area contributed by atoms with Gasteiger partial charge >= 0.3 is 0 Å². The highest BCUT2D eigenvalue weighted by Crippen LogP contribution is 2.27. The second kappa shape index (κ2) is 37.7. The van der Waals surface area contributed by atoms with E-state index in [0.717, 1.165) is 71.0 Å². The van der Waals surface area contributed by atoms with E-state index >= 15 is 0 Å². The summed E-state index contributed by atoms with van der Waals surface area (Å²) in [5.74, 6) is 9.91. The zero-order valence-electron chi connectivity index (χ0n) is 37.8. The molecule has 0 amide bonds. The van der Waals surface area contributed by atoms with Crippen molar-refractivity contribution in [3.63, 3.8) is 0 Å². The molecule has 0 aliphatic heterocycles. The van der Waals surface area contributed by atoms with Gasteiger partial charge in [0, 0.05) is 0 Å². The van der Waals surface area contributed by atoms with Gasteiger partial charge in [0.1, 0.15) is 0 Å². The van der Waals surface area contributed by atoms with Gasteiger partial charge in [0.15, 0.2) is 0 Å². The second-order valence-electron chi connectivity index (χ2n) is 17.3. The van der Waals surface area contributed by atoms with E-state index in [1.807, 2.05) is 19.1 Å². The lowest BCUT2D eigenvalue weighted by molar-refractivity contribution is 0.264. The van der Waals surface area contributed by atoms with Crippen LogP contribution in [0.25, 0.3) is 0 Å². The third-order valence-electron chi connectivity index (χ3n) is 9.27. The van der Waals surface area contributed by atoms with Crippen LogP contribution < -0.4 is 0 Å². The maximum atomic E-state index is 3.89. The van der Waals surface area contributed by atoms with Crippen LogP contribution >= 0.6 is 0 Å². The normalized spacial score (nSPS) is 15.0. The van der Waals surface area contributed by atoms with Crippen LogP contribution in [0.3, 0.4) is 0 Å². The third-order valence-corrected chi connectivity index (χ3v) is 9.27. The number of allylic oxidation sites excluding steroid dienone is 10. The van der Waals surface area contributed by atoms with Crippen molar-refractivity contribution in [1.82, 2.24) is 0 Å². The highest BCUT2D eigenvalue weighted by Gasteiger charge is 2.19. The molecule has 0 saturated heterocycles. The Balaban J connectivity index is -0.000000168. The molecule has 0 aliphatic carbocycles. The van der Waals surface area contributed by atoms with Crippen LogP contribution in [-0.4, -0.2) is 0 Å². The van der Waals surface area contributed by atoms with E-state index in [1.165, 1.54) is 19.3 Å². The fraction of sp³-hybridized carbons (Fsp3) is 0.755. The molecule has 0 aliphatic rings. The number of hydrogen-bond donors (Lipinski definition) is 0. The average Bonchev–Trinajstić information content (AvgIpc) is 2.98. The first-order chi connectivity index (χ1) is 22.6. The molecule has 0 rings (SSSR count). The molecule has 0 spiro atoms. The van der Waals surface area contributed by atoms with E-state index in [-0.39, 0.29) is 0 Å². The standard InChI is InChI=1S/4C11H22.C5H8/c2*1-9(2)7-6-8-11(5)10(3)4;1-7-11(9(4)5)10(6)8(2)3;1-6-7-11(10(4)5)8-9(2)3;1-3-5-4-2/h2*6,8-11H,7H2,1-5H3;7-11H,1H2,2-6H3;6-7,9-11H,8H2,1-5H3;3-5H,1H2,2H3/b8-6+;8-6-;;7-6-;5-4+. The summed E-state index contributed by atoms with van der Waals surface area (Å²) in [6.07, 6.45) is 25.3. The van der Waals surface area contributed by atoms with Crippen LogP contribution in [0.2, 0.25) is 0 Å². The zero-order chi connectivity index (χ0) is 39.7. The first kappa shape index (κ1) is 56.8. The molecule has 49 heavy (non-hydrogen) atoms. The molecular weight excluding hydrogens is 589 g/mol. The molecule has 0 aromatic carbocycles. The van der Waals surface area contributed by atoms with Crippen molar-refractivity contribution in [1.29, 1.82) is 0 Å². The van der Waals surface area contributed by atoms with Crippen LogP contribution in [0, 0.1) is 76.9 Å². The van der Waals surface area contributed by atoms with E-state index < -0.39 is 0 Å². The molecular formula is C49H96. The highest BCUT2D eigenvalue weighted by atomic mass is 14.2. The van der Waals surface area contributed by atoms with Crippen molar-refractivity contribution in [3.05, 3.63) is 73.9 Å². The Hall–Kier alpha value is -1.56. The van der Waals surface area contributed by atoms with Crippen molar-refractivity contribution < 1.29 is 0 Å². The number of hydrogen-bond acceptors (Lipinski definition) is 0. The van der Waals surface area contributed by atoms with Gasteiger partial charge in [-0.25, -0.2) is 0 Å². The molecule has 5 unspecified atom stereocenters. The first-order valence-electron chi connectivity index (χ1n) is 20.4. The predicted molar refractivity (Wildman–Crippen MR) is 235 cm³/mol. The van der Waals surface area contributed by atoms with Crippen LogP contribution in [0.1, 0.15) is 165 Å². The van der Waals surface area contributed by atoms with E-state index in [2.05, 4.69) is 194 Å². The quantitative estimate of drug-likeness (QED) is 0.106. The summed E-state index contributed by atoms with van der Waals surface area (Å²) in [5, 5.41) is 0. The Morgan fingerprint density at radius 2 is 0.857 bits per heavy atom. The van der Waals surface area contributed by atoms with Gasteiger partial charge < -0.3 is 0 Å². The monoisotopic (exact) mass is 685 g/mol. The summed E-state index contributed by atoms with van der Waals surface area (Å²) >= 11 is 0. The van der Waals surface area contributed by atoms with E-state index in [9.17, 15) is 0 Å². The zero-order valence-corrected chi connectivity index (χ0v) is 37.8. The Kier molecular flexibility index (Phi) is 43.7. The molecule has 0 aromatic rings. The Morgan fingerprint density at radius 3 is 1.02 bits per heavy atom. The van der Waals surface area contributed by atoms with Crippen molar-refractivity contribution in [3.8, 4) is 0 Å². The molecule has 0 N–H and O–H groups in total. The summed E-state index contributed by atoms with van der Waals surface area (Å²) in [6, 6.07) is 0. The Bertz CT molecular complexity index is 762. The van der Waals surface area contributed by atoms with Gasteiger partial charge in [0.2, 0.25) is 0 Å². The van der Waals surface area contributed by atoms with Gasteiger partial charge in [-0.15, -0.1) is 6.58 Å². The molecule has 0 saturated carbocycles. The minimum absolute atomic E-state index is 0.676. The van der Waals surface area contributed by atoms with Crippen molar-refractivity contribution >= 4 is 0 Å². The summed E-state index contributed by atoms with van der Waals surface area (Å²) < 4.78 is 0. The molecule has 0 aromatic heterocycles. The summed E-state index contributed by atoms with van der Waals surface area (Å²) in [6.45, 7) is 54.7. The molecule has 292 valence electrons. The summed E-state index contributed by atoms with van der Waals surface area (Å²) in [7, 11) is 0. The van der Waals surface area contributed by atoms with E-state index in [1.54, 1.807) is 6.08 Å². The lowest BCUT2D eigenvalue weighted by Gasteiger charge is -2.27. The summed E-state index contributed by atoms with van der Waals surface area (Å²) in [4.78, 5) is 0. The minimum Gasteiger partial charge on any atom is -0.103 e. The highest BCUT2D eigenvalue weighted by molar-refractivity contribution is 4.94. The van der Waals surface area contributed by atoms with Crippen LogP contribution in [0.15, 0.2) is 73.9 Å². The van der Waals surface area contributed by atoms with E-state index in [0.29, 0.717) is 5.92 Å². The van der Waals surface area contributed by atoms with Crippen LogP contribution in [0.4, 0.5) is 0 Å². The van der Waals surface area contributed by atoms with Crippen LogP contribution in [0.5, 0.6) is 0 Å². The molecule has 5 atom stereocenters.